The fourth-order valence-electron chi connectivity index (χ4n) is 2.07. The highest BCUT2D eigenvalue weighted by Crippen LogP contribution is 2.24. The number of aromatic nitrogens is 1. The number of fused-ring (bicyclic) bond motifs is 1. The molecule has 2 aromatic carbocycles. The zero-order valence-electron chi connectivity index (χ0n) is 10.8. The number of pyridine rings is 1. The van der Waals surface area contributed by atoms with Crippen LogP contribution < -0.4 is 5.32 Å². The molecular weight excluding hydrogens is 443 g/mol. The molecule has 0 aliphatic heterocycles. The van der Waals surface area contributed by atoms with E-state index in [2.05, 4.69) is 48.8 Å². The Labute approximate surface area is 144 Å². The van der Waals surface area contributed by atoms with E-state index in [-0.39, 0.29) is 5.91 Å². The second-order valence-electron chi connectivity index (χ2n) is 4.45. The quantitative estimate of drug-likeness (QED) is 0.564. The van der Waals surface area contributed by atoms with Crippen molar-refractivity contribution in [1.29, 1.82) is 0 Å². The molecule has 0 spiro atoms. The van der Waals surface area contributed by atoms with Gasteiger partial charge >= 0.3 is 0 Å². The van der Waals surface area contributed by atoms with Crippen LogP contribution in [0.2, 0.25) is 0 Å². The van der Waals surface area contributed by atoms with Crippen LogP contribution in [0.4, 0.5) is 5.69 Å². The van der Waals surface area contributed by atoms with E-state index in [0.717, 1.165) is 24.6 Å². The third kappa shape index (κ3) is 3.08. The van der Waals surface area contributed by atoms with E-state index in [1.165, 1.54) is 0 Å². The number of carbonyl (C=O) groups excluding carboxylic acids is 1. The van der Waals surface area contributed by atoms with E-state index in [1.54, 1.807) is 6.20 Å². The van der Waals surface area contributed by atoms with Crippen LogP contribution >= 0.6 is 38.5 Å². The van der Waals surface area contributed by atoms with Crippen molar-refractivity contribution in [2.75, 3.05) is 5.32 Å². The van der Waals surface area contributed by atoms with Gasteiger partial charge in [-0.25, -0.2) is 0 Å². The van der Waals surface area contributed by atoms with Gasteiger partial charge < -0.3 is 5.32 Å². The molecule has 1 aromatic heterocycles. The van der Waals surface area contributed by atoms with Gasteiger partial charge in [0.2, 0.25) is 0 Å². The summed E-state index contributed by atoms with van der Waals surface area (Å²) in [6.07, 6.45) is 1.74. The first kappa shape index (κ1) is 14.5. The first-order chi connectivity index (χ1) is 10.1. The zero-order chi connectivity index (χ0) is 14.8. The average molecular weight is 453 g/mol. The number of benzene rings is 2. The van der Waals surface area contributed by atoms with Crippen molar-refractivity contribution >= 4 is 61.0 Å². The second-order valence-corrected chi connectivity index (χ2v) is 6.53. The number of carbonyl (C=O) groups is 1. The lowest BCUT2D eigenvalue weighted by molar-refractivity contribution is 0.102. The standard InChI is InChI=1S/C16H10BrIN2O/c17-10-6-7-13(18)12(9-10)16(21)20-15-5-1-4-14-11(15)3-2-8-19-14/h1-9H,(H,20,21). The molecule has 3 rings (SSSR count). The van der Waals surface area contributed by atoms with Gasteiger partial charge in [-0.05, 0) is 65.1 Å². The SMILES string of the molecule is O=C(Nc1cccc2ncccc12)c1cc(Br)ccc1I. The molecule has 3 nitrogen and oxygen atoms in total. The highest BCUT2D eigenvalue weighted by atomic mass is 127. The minimum Gasteiger partial charge on any atom is -0.321 e. The molecule has 0 bridgehead atoms. The molecule has 0 aliphatic carbocycles. The maximum absolute atomic E-state index is 12.5. The van der Waals surface area contributed by atoms with Crippen molar-refractivity contribution in [3.8, 4) is 0 Å². The van der Waals surface area contributed by atoms with Crippen molar-refractivity contribution in [3.05, 3.63) is 68.3 Å². The molecule has 0 aliphatic rings. The van der Waals surface area contributed by atoms with Gasteiger partial charge in [0.15, 0.2) is 0 Å². The summed E-state index contributed by atoms with van der Waals surface area (Å²) in [4.78, 5) is 16.8. The summed E-state index contributed by atoms with van der Waals surface area (Å²) < 4.78 is 1.79. The molecule has 0 radical (unpaired) electrons. The summed E-state index contributed by atoms with van der Waals surface area (Å²) in [7, 11) is 0. The van der Waals surface area contributed by atoms with E-state index in [1.807, 2.05) is 48.5 Å². The molecule has 0 atom stereocenters. The minimum atomic E-state index is -0.128. The highest BCUT2D eigenvalue weighted by Gasteiger charge is 2.12. The van der Waals surface area contributed by atoms with Crippen LogP contribution in [-0.2, 0) is 0 Å². The monoisotopic (exact) mass is 452 g/mol. The molecular formula is C16H10BrIN2O. The normalized spacial score (nSPS) is 10.6. The van der Waals surface area contributed by atoms with Crippen molar-refractivity contribution < 1.29 is 4.79 Å². The Hall–Kier alpha value is -1.47. The largest absolute Gasteiger partial charge is 0.321 e. The van der Waals surface area contributed by atoms with Gasteiger partial charge in [-0.3, -0.25) is 9.78 Å². The smallest absolute Gasteiger partial charge is 0.256 e. The van der Waals surface area contributed by atoms with E-state index < -0.39 is 0 Å². The highest BCUT2D eigenvalue weighted by molar-refractivity contribution is 14.1. The third-order valence-corrected chi connectivity index (χ3v) is 4.50. The van der Waals surface area contributed by atoms with Crippen LogP contribution in [-0.4, -0.2) is 10.9 Å². The predicted octanol–water partition coefficient (Wildman–Crippen LogP) is 4.85. The fraction of sp³-hybridized carbons (Fsp3) is 0. The summed E-state index contributed by atoms with van der Waals surface area (Å²) >= 11 is 5.56. The predicted molar refractivity (Wildman–Crippen MR) is 96.6 cm³/mol. The Morgan fingerprint density at radius 1 is 1.14 bits per heavy atom. The topological polar surface area (TPSA) is 42.0 Å². The fourth-order valence-corrected chi connectivity index (χ4v) is 3.02. The van der Waals surface area contributed by atoms with Gasteiger partial charge in [0.05, 0.1) is 16.8 Å². The lowest BCUT2D eigenvalue weighted by Gasteiger charge is -2.09. The van der Waals surface area contributed by atoms with Crippen LogP contribution in [0, 0.1) is 3.57 Å². The molecule has 0 fully saturated rings. The number of hydrogen-bond acceptors (Lipinski definition) is 2. The molecule has 5 heteroatoms. The molecule has 1 N–H and O–H groups in total. The first-order valence-corrected chi connectivity index (χ1v) is 8.12. The van der Waals surface area contributed by atoms with Crippen LogP contribution in [0.3, 0.4) is 0 Å². The summed E-state index contributed by atoms with van der Waals surface area (Å²) in [6.45, 7) is 0. The average Bonchev–Trinajstić information content (AvgIpc) is 2.50. The molecule has 0 saturated carbocycles. The van der Waals surface area contributed by atoms with Crippen molar-refractivity contribution in [2.45, 2.75) is 0 Å². The maximum Gasteiger partial charge on any atom is 0.256 e. The Kier molecular flexibility index (Phi) is 4.21. The van der Waals surface area contributed by atoms with Gasteiger partial charge in [-0.15, -0.1) is 0 Å². The maximum atomic E-state index is 12.5. The van der Waals surface area contributed by atoms with Crippen molar-refractivity contribution in [1.82, 2.24) is 4.98 Å². The number of nitrogens with one attached hydrogen (secondary N) is 1. The van der Waals surface area contributed by atoms with E-state index in [9.17, 15) is 4.79 Å². The Morgan fingerprint density at radius 2 is 2.00 bits per heavy atom. The van der Waals surface area contributed by atoms with Gasteiger partial charge in [0.25, 0.3) is 5.91 Å². The van der Waals surface area contributed by atoms with Crippen LogP contribution in [0.15, 0.2) is 59.2 Å². The van der Waals surface area contributed by atoms with E-state index in [4.69, 9.17) is 0 Å². The number of rotatable bonds is 2. The molecule has 3 aromatic rings. The van der Waals surface area contributed by atoms with Crippen LogP contribution in [0.25, 0.3) is 10.9 Å². The van der Waals surface area contributed by atoms with Crippen LogP contribution in [0.1, 0.15) is 10.4 Å². The first-order valence-electron chi connectivity index (χ1n) is 6.25. The van der Waals surface area contributed by atoms with Crippen molar-refractivity contribution in [2.24, 2.45) is 0 Å². The van der Waals surface area contributed by atoms with E-state index in [0.29, 0.717) is 5.56 Å². The zero-order valence-corrected chi connectivity index (χ0v) is 14.6. The molecule has 0 unspecified atom stereocenters. The van der Waals surface area contributed by atoms with Gasteiger partial charge in [0.1, 0.15) is 0 Å². The summed E-state index contributed by atoms with van der Waals surface area (Å²) in [5.74, 6) is -0.128. The molecule has 1 heterocycles. The lowest BCUT2D eigenvalue weighted by atomic mass is 10.1. The third-order valence-electron chi connectivity index (χ3n) is 3.07. The number of amides is 1. The Bertz CT molecular complexity index is 830. The minimum absolute atomic E-state index is 0.128. The molecule has 1 amide bonds. The van der Waals surface area contributed by atoms with E-state index >= 15 is 0 Å². The summed E-state index contributed by atoms with van der Waals surface area (Å²) in [5.41, 5.74) is 2.27. The number of hydrogen-bond donors (Lipinski definition) is 1. The molecule has 104 valence electrons. The van der Waals surface area contributed by atoms with Gasteiger partial charge in [-0.1, -0.05) is 22.0 Å². The van der Waals surface area contributed by atoms with Gasteiger partial charge in [-0.2, -0.15) is 0 Å². The number of nitrogens with zero attached hydrogens (tertiary/aromatic N) is 1. The van der Waals surface area contributed by atoms with Gasteiger partial charge in [0, 0.05) is 19.6 Å². The second kappa shape index (κ2) is 6.11. The molecule has 0 saturated heterocycles. The summed E-state index contributed by atoms with van der Waals surface area (Å²) in [6, 6.07) is 15.1. The lowest BCUT2D eigenvalue weighted by Crippen LogP contribution is -2.13. The van der Waals surface area contributed by atoms with Crippen molar-refractivity contribution in [3.63, 3.8) is 0 Å². The Morgan fingerprint density at radius 3 is 2.86 bits per heavy atom. The van der Waals surface area contributed by atoms with Crippen LogP contribution in [0.5, 0.6) is 0 Å². The number of halogens is 2. The Balaban J connectivity index is 1.99. The summed E-state index contributed by atoms with van der Waals surface area (Å²) in [5, 5.41) is 3.89. The number of anilines is 1. The molecule has 21 heavy (non-hydrogen) atoms.